The zero-order valence-corrected chi connectivity index (χ0v) is 98.1. The monoisotopic (exact) mass is 2150 g/mol. The molecule has 0 unspecified atom stereocenters. The van der Waals surface area contributed by atoms with Gasteiger partial charge in [0.2, 0.25) is 5.65 Å². The molecule has 30 heteroatoms. The zero-order chi connectivity index (χ0) is 105. The normalized spacial score (nSPS) is 13.0. The van der Waals surface area contributed by atoms with Gasteiger partial charge in [0.05, 0.1) is 132 Å². The number of rotatable bonds is 52. The van der Waals surface area contributed by atoms with E-state index in [0.717, 1.165) is 213 Å². The van der Waals surface area contributed by atoms with E-state index in [-0.39, 0.29) is 77.4 Å². The van der Waals surface area contributed by atoms with Gasteiger partial charge >= 0.3 is 0 Å². The quantitative estimate of drug-likeness (QED) is 0.0257. The Morgan fingerprint density at radius 1 is 0.333 bits per heavy atom. The van der Waals surface area contributed by atoms with Gasteiger partial charge in [-0.15, -0.1) is 27.7 Å². The Morgan fingerprint density at radius 3 is 1.11 bits per heavy atom. The first kappa shape index (κ1) is 111. The van der Waals surface area contributed by atoms with Crippen molar-refractivity contribution in [1.29, 1.82) is 0 Å². The molecule has 6 bridgehead atoms. The third-order valence-electron chi connectivity index (χ3n) is 29.6. The molecule has 18 rings (SSSR count). The largest absolute Gasteiger partial charge is 0.492 e. The summed E-state index contributed by atoms with van der Waals surface area (Å²) in [5, 5.41) is 3.70. The summed E-state index contributed by atoms with van der Waals surface area (Å²) in [5.41, 5.74) is 11.0. The molecular weight excluding hydrogens is 1990 g/mol. The van der Waals surface area contributed by atoms with Crippen LogP contribution in [-0.2, 0) is 31.6 Å². The topological polar surface area (TPSA) is 203 Å². The Morgan fingerprint density at radius 2 is 0.660 bits per heavy atom. The van der Waals surface area contributed by atoms with Gasteiger partial charge in [0, 0.05) is 91.7 Å². The molecule has 10 heterocycles. The van der Waals surface area contributed by atoms with Gasteiger partial charge in [-0.25, -0.2) is 4.98 Å². The fourth-order valence-corrected chi connectivity index (χ4v) is 25.3. The van der Waals surface area contributed by atoms with Gasteiger partial charge in [0.15, 0.2) is 46.0 Å². The van der Waals surface area contributed by atoms with Crippen LogP contribution < -0.4 is 57.3 Å². The summed E-state index contributed by atoms with van der Waals surface area (Å²) in [6, 6.07) is 35.3. The third kappa shape index (κ3) is 22.7. The number of likely N-dealkylation sites (N-methyl/N-ethyl adjacent to an activating group) is 4. The average molecular weight is 2150 g/mol. The Bertz CT molecular complexity index is 7440. The van der Waals surface area contributed by atoms with Crippen LogP contribution in [0.3, 0.4) is 0 Å². The van der Waals surface area contributed by atoms with Crippen LogP contribution in [0.25, 0.3) is 130 Å². The average Bonchev–Trinajstić information content (AvgIpc) is 1.53. The second kappa shape index (κ2) is 49.7. The van der Waals surface area contributed by atoms with E-state index in [9.17, 15) is 0 Å². The SMILES string of the molecule is CCN(CC)CCN1c2ccccc2Sc2c(OCCC(C)C)c3c(c(OCCC(C)C)c21)-c1nc-3nc2c3c(OCCC(C)C)c4sc5ccccc5n(CCN(CC)CC)c4c(OCCC(C)C)c3c3nc4c5c(OCCC(C)C)c6c(sc7ccccc7n6CCN(CC)CC)c(OCCC(C)C)c5c(nc5[n-]c(n1)c1c(OCCC(C)C)c6c(c(OCCC(C)C)c51)Sc1ccccc1N6CCN(CC)CC)[n+]4on23.[V]. The number of nitrogens with zero attached hydrogens (tertiary/aromatic N) is 16. The Balaban J connectivity index is 0.0000153. The van der Waals surface area contributed by atoms with Crippen LogP contribution in [0.1, 0.15) is 218 Å². The summed E-state index contributed by atoms with van der Waals surface area (Å²) < 4.78 is 85.0. The second-order valence-corrected chi connectivity index (χ2v) is 47.7. The van der Waals surface area contributed by atoms with Crippen LogP contribution in [0.4, 0.5) is 22.7 Å². The number of para-hydroxylation sites is 4. The van der Waals surface area contributed by atoms with E-state index >= 15 is 0 Å². The number of benzene rings is 8. The summed E-state index contributed by atoms with van der Waals surface area (Å²) >= 11 is 6.84. The van der Waals surface area contributed by atoms with Gasteiger partial charge in [-0.3, -0.25) is 0 Å². The van der Waals surface area contributed by atoms with E-state index in [1.54, 1.807) is 46.2 Å². The number of fused-ring (bicyclic) bond motifs is 24. The minimum absolute atomic E-state index is 0. The van der Waals surface area contributed by atoms with E-state index in [2.05, 4.69) is 302 Å². The Hall–Kier alpha value is -9.92. The molecule has 0 N–H and O–H groups in total. The number of ether oxygens (including phenoxy) is 8. The van der Waals surface area contributed by atoms with Crippen molar-refractivity contribution in [3.05, 3.63) is 97.1 Å². The Labute approximate surface area is 915 Å². The molecule has 3 aliphatic rings. The van der Waals surface area contributed by atoms with Gasteiger partial charge < -0.3 is 86.4 Å². The first-order chi connectivity index (χ1) is 72.2. The minimum Gasteiger partial charge on any atom is -0.492 e. The van der Waals surface area contributed by atoms with Crippen molar-refractivity contribution in [3.8, 4) is 68.8 Å². The van der Waals surface area contributed by atoms with Crippen LogP contribution in [0.2, 0.25) is 0 Å². The maximum Gasteiger partial charge on any atom is 0.287 e. The molecule has 0 aliphatic carbocycles. The van der Waals surface area contributed by atoms with Crippen LogP contribution in [-0.4, -0.2) is 203 Å². The molecule has 7 aromatic heterocycles. The van der Waals surface area contributed by atoms with Gasteiger partial charge in [-0.2, -0.15) is 9.61 Å². The standard InChI is InChI=1S/C120H160N16O9S4.V/c1-25-127(26-2)57-61-131-81-41-33-37-45-85(81)146-109-97(131)101(137-65-49-73(9)10)89-91(105(109)141-69-53-77(17)18)115-122-113(89)121-114-90-92(106(142-70-54-78(19)20)110-98(102(90)138-66-50-74(11)12)132(62-58-128(27-3)28-4)82-42-34-38-46-86(82)147-110)116(123-114)125-118-96-94(104(140-68-52-76(15)16)100-112(108(96)144-72-56-80(23)24)149-88-48-40-36-44-84(88)134(100)64-60-130(31-7)32-8)120-126-119-93-95(117(124-115)135(119)145-136(118)120)107(143-71-55-79(21)22)111-99(103(93)139-67-51-75(13)14)133(63-59-129(29-5)30-6)83-43-35-39-47-87(83)148-111;/h33-48,73-80H,25-32,49-72H2,1-24H3;. The van der Waals surface area contributed by atoms with Gasteiger partial charge in [0.25, 0.3) is 16.9 Å². The molecule has 0 saturated heterocycles. The van der Waals surface area contributed by atoms with Crippen molar-refractivity contribution in [2.24, 2.45) is 47.3 Å². The molecule has 0 spiro atoms. The van der Waals surface area contributed by atoms with Crippen molar-refractivity contribution < 1.29 is 65.7 Å². The van der Waals surface area contributed by atoms with Gasteiger partial charge in [-0.05, 0) is 209 Å². The summed E-state index contributed by atoms with van der Waals surface area (Å²) in [5.74, 6) is 7.53. The fraction of sp³-hybridized carbons (Fsp3) is 0.533. The van der Waals surface area contributed by atoms with E-state index in [0.29, 0.717) is 203 Å². The summed E-state index contributed by atoms with van der Waals surface area (Å²) in [7, 11) is 0. The predicted octanol–water partition coefficient (Wildman–Crippen LogP) is 29.2. The minimum atomic E-state index is 0. The first-order valence-electron chi connectivity index (χ1n) is 55.8. The van der Waals surface area contributed by atoms with Crippen LogP contribution >= 0.6 is 46.2 Å². The van der Waals surface area contributed by atoms with Crippen LogP contribution in [0.15, 0.2) is 121 Å². The maximum atomic E-state index is 8.60. The first-order valence-corrected chi connectivity index (χ1v) is 59.1. The Kier molecular flexibility index (Phi) is 36.8. The number of aromatic nitrogens is 10. The molecule has 3 aliphatic heterocycles. The van der Waals surface area contributed by atoms with Crippen molar-refractivity contribution in [2.75, 3.05) is 154 Å². The van der Waals surface area contributed by atoms with E-state index in [4.69, 9.17) is 72.4 Å². The van der Waals surface area contributed by atoms with E-state index < -0.39 is 0 Å². The van der Waals surface area contributed by atoms with Crippen molar-refractivity contribution in [1.82, 2.24) is 63.2 Å². The third-order valence-corrected chi connectivity index (χ3v) is 34.2. The van der Waals surface area contributed by atoms with E-state index in [1.165, 1.54) is 0 Å². The molecule has 150 heavy (non-hydrogen) atoms. The molecule has 1 radical (unpaired) electrons. The summed E-state index contributed by atoms with van der Waals surface area (Å²) in [6.07, 6.45) is 5.88. The van der Waals surface area contributed by atoms with Crippen molar-refractivity contribution >= 4 is 176 Å². The van der Waals surface area contributed by atoms with Gasteiger partial charge in [-0.1, -0.05) is 243 Å². The predicted molar refractivity (Wildman–Crippen MR) is 620 cm³/mol. The van der Waals surface area contributed by atoms with Gasteiger partial charge in [0.1, 0.15) is 50.1 Å². The molecule has 0 fully saturated rings. The molecule has 0 amide bonds. The molecule has 0 saturated carbocycles. The molecular formula is C120H160N16O9S4V. The maximum absolute atomic E-state index is 8.60. The van der Waals surface area contributed by atoms with E-state index in [1.807, 2.05) is 9.15 Å². The number of hydrogen-bond acceptors (Lipinski definition) is 24. The molecule has 803 valence electrons. The zero-order valence-electron chi connectivity index (χ0n) is 93.4. The molecule has 15 aromatic rings. The van der Waals surface area contributed by atoms with Crippen LogP contribution in [0.5, 0.6) is 46.0 Å². The molecule has 0 atom stereocenters. The van der Waals surface area contributed by atoms with Crippen LogP contribution in [0, 0.1) is 47.3 Å². The number of anilines is 4. The number of hydrogen-bond donors (Lipinski definition) is 0. The molecule has 8 aromatic carbocycles. The van der Waals surface area contributed by atoms with Crippen molar-refractivity contribution in [2.45, 2.75) is 250 Å². The van der Waals surface area contributed by atoms with Crippen molar-refractivity contribution in [3.63, 3.8) is 0 Å². The fourth-order valence-electron chi connectivity index (χ4n) is 20.5. The smallest absolute Gasteiger partial charge is 0.287 e. The summed E-state index contributed by atoms with van der Waals surface area (Å²) in [4.78, 5) is 57.4. The second-order valence-electron chi connectivity index (χ2n) is 43.5. The summed E-state index contributed by atoms with van der Waals surface area (Å²) in [6.45, 7) is 69.5. The molecule has 25 nitrogen and oxygen atoms in total.